The minimum Gasteiger partial charge on any atom is -0.496 e. The Labute approximate surface area is 132 Å². The highest BCUT2D eigenvalue weighted by Crippen LogP contribution is 2.21. The van der Waals surface area contributed by atoms with Gasteiger partial charge in [-0.15, -0.1) is 0 Å². The van der Waals surface area contributed by atoms with Crippen LogP contribution < -0.4 is 4.74 Å². The second-order valence-corrected chi connectivity index (χ2v) is 7.39. The molecule has 0 aromatic heterocycles. The molecule has 0 spiro atoms. The normalized spacial score (nSPS) is 11.6. The van der Waals surface area contributed by atoms with Gasteiger partial charge in [-0.1, -0.05) is 48.0 Å². The lowest BCUT2D eigenvalue weighted by Gasteiger charge is -2.18. The summed E-state index contributed by atoms with van der Waals surface area (Å²) in [4.78, 5) is 0. The van der Waals surface area contributed by atoms with E-state index in [2.05, 4.69) is 0 Å². The summed E-state index contributed by atoms with van der Waals surface area (Å²) in [7, 11) is -0.195. The Morgan fingerprint density at radius 1 is 1.05 bits per heavy atom. The summed E-state index contributed by atoms with van der Waals surface area (Å²) in [5.41, 5.74) is 2.75. The number of methoxy groups -OCH3 is 1. The zero-order valence-electron chi connectivity index (χ0n) is 13.1. The Balaban J connectivity index is 2.13. The van der Waals surface area contributed by atoms with Gasteiger partial charge in [0.1, 0.15) is 5.75 Å². The molecule has 0 radical (unpaired) electrons. The fourth-order valence-electron chi connectivity index (χ4n) is 2.18. The van der Waals surface area contributed by atoms with Crippen molar-refractivity contribution in [3.8, 4) is 5.75 Å². The molecule has 0 heterocycles. The molecule has 0 saturated heterocycles. The Morgan fingerprint density at radius 2 is 1.68 bits per heavy atom. The van der Waals surface area contributed by atoms with Crippen molar-refractivity contribution in [3.05, 3.63) is 65.2 Å². The molecule has 5 heteroatoms. The lowest BCUT2D eigenvalue weighted by molar-refractivity contribution is 0.398. The molecular formula is C17H21NO3S. The minimum atomic E-state index is -3.37. The molecule has 0 aliphatic rings. The van der Waals surface area contributed by atoms with Crippen LogP contribution in [-0.4, -0.2) is 26.9 Å². The first-order valence-corrected chi connectivity index (χ1v) is 8.65. The van der Waals surface area contributed by atoms with Gasteiger partial charge >= 0.3 is 0 Å². The molecule has 0 bridgehead atoms. The van der Waals surface area contributed by atoms with E-state index in [0.717, 1.165) is 16.7 Å². The van der Waals surface area contributed by atoms with Crippen LogP contribution in [0.15, 0.2) is 48.5 Å². The Kier molecular flexibility index (Phi) is 5.21. The largest absolute Gasteiger partial charge is 0.496 e. The van der Waals surface area contributed by atoms with Gasteiger partial charge < -0.3 is 4.74 Å². The molecule has 2 aromatic carbocycles. The molecule has 2 aromatic rings. The number of nitrogens with zero attached hydrogens (tertiary/aromatic N) is 1. The van der Waals surface area contributed by atoms with Crippen LogP contribution >= 0.6 is 0 Å². The number of rotatable bonds is 6. The summed E-state index contributed by atoms with van der Waals surface area (Å²) in [6, 6.07) is 15.0. The Morgan fingerprint density at radius 3 is 2.32 bits per heavy atom. The Hall–Kier alpha value is -1.85. The SMILES string of the molecule is COc1ccccc1CN(C)S(=O)(=O)Cc1ccc(C)cc1. The van der Waals surface area contributed by atoms with Gasteiger partial charge in [-0.2, -0.15) is 0 Å². The molecule has 118 valence electrons. The van der Waals surface area contributed by atoms with E-state index in [4.69, 9.17) is 4.74 Å². The number of aryl methyl sites for hydroxylation is 1. The third-order valence-corrected chi connectivity index (χ3v) is 5.31. The number of ether oxygens (including phenoxy) is 1. The number of para-hydroxylation sites is 1. The highest BCUT2D eigenvalue weighted by Gasteiger charge is 2.20. The van der Waals surface area contributed by atoms with E-state index >= 15 is 0 Å². The summed E-state index contributed by atoms with van der Waals surface area (Å²) in [6.07, 6.45) is 0. The molecule has 0 N–H and O–H groups in total. The Bertz CT molecular complexity index is 724. The molecule has 0 aliphatic heterocycles. The van der Waals surface area contributed by atoms with Crippen LogP contribution in [0.1, 0.15) is 16.7 Å². The van der Waals surface area contributed by atoms with Crippen molar-refractivity contribution >= 4 is 10.0 Å². The predicted octanol–water partition coefficient (Wildman–Crippen LogP) is 2.97. The van der Waals surface area contributed by atoms with Crippen LogP contribution in [0.2, 0.25) is 0 Å². The zero-order chi connectivity index (χ0) is 16.2. The van der Waals surface area contributed by atoms with Crippen LogP contribution in [0.25, 0.3) is 0 Å². The van der Waals surface area contributed by atoms with E-state index in [0.29, 0.717) is 5.75 Å². The first-order chi connectivity index (χ1) is 10.4. The number of hydrogen-bond acceptors (Lipinski definition) is 3. The topological polar surface area (TPSA) is 46.6 Å². The molecule has 2 rings (SSSR count). The van der Waals surface area contributed by atoms with Crippen LogP contribution in [0.3, 0.4) is 0 Å². The molecule has 22 heavy (non-hydrogen) atoms. The van der Waals surface area contributed by atoms with Crippen molar-refractivity contribution in [1.29, 1.82) is 0 Å². The molecule has 0 fully saturated rings. The molecular weight excluding hydrogens is 298 g/mol. The van der Waals surface area contributed by atoms with E-state index in [1.165, 1.54) is 4.31 Å². The highest BCUT2D eigenvalue weighted by molar-refractivity contribution is 7.88. The zero-order valence-corrected chi connectivity index (χ0v) is 13.9. The van der Waals surface area contributed by atoms with E-state index in [1.807, 2.05) is 55.5 Å². The van der Waals surface area contributed by atoms with Crippen molar-refractivity contribution in [1.82, 2.24) is 4.31 Å². The second-order valence-electron chi connectivity index (χ2n) is 5.31. The van der Waals surface area contributed by atoms with Gasteiger partial charge in [-0.3, -0.25) is 0 Å². The van der Waals surface area contributed by atoms with Crippen LogP contribution in [0.4, 0.5) is 0 Å². The lowest BCUT2D eigenvalue weighted by atomic mass is 10.2. The summed E-state index contributed by atoms with van der Waals surface area (Å²) in [5.74, 6) is 0.693. The fraction of sp³-hybridized carbons (Fsp3) is 0.294. The number of sulfonamides is 1. The van der Waals surface area contributed by atoms with Gasteiger partial charge in [0.05, 0.1) is 12.9 Å². The average molecular weight is 319 g/mol. The van der Waals surface area contributed by atoms with E-state index < -0.39 is 10.0 Å². The van der Waals surface area contributed by atoms with Gasteiger partial charge in [-0.25, -0.2) is 12.7 Å². The first kappa shape index (κ1) is 16.5. The van der Waals surface area contributed by atoms with Crippen LogP contribution in [-0.2, 0) is 22.3 Å². The lowest BCUT2D eigenvalue weighted by Crippen LogP contribution is -2.27. The number of benzene rings is 2. The van der Waals surface area contributed by atoms with Crippen LogP contribution in [0.5, 0.6) is 5.75 Å². The maximum absolute atomic E-state index is 12.5. The maximum atomic E-state index is 12.5. The van der Waals surface area contributed by atoms with Crippen molar-refractivity contribution in [2.75, 3.05) is 14.2 Å². The van der Waals surface area contributed by atoms with Crippen molar-refractivity contribution in [2.24, 2.45) is 0 Å². The molecule has 4 nitrogen and oxygen atoms in total. The fourth-order valence-corrected chi connectivity index (χ4v) is 3.35. The predicted molar refractivity (Wildman–Crippen MR) is 88.3 cm³/mol. The quantitative estimate of drug-likeness (QED) is 0.822. The first-order valence-electron chi connectivity index (χ1n) is 7.04. The van der Waals surface area contributed by atoms with Crippen molar-refractivity contribution < 1.29 is 13.2 Å². The molecule has 0 aliphatic carbocycles. The van der Waals surface area contributed by atoms with E-state index in [9.17, 15) is 8.42 Å². The molecule has 0 saturated carbocycles. The monoisotopic (exact) mass is 319 g/mol. The van der Waals surface area contributed by atoms with E-state index in [-0.39, 0.29) is 12.3 Å². The summed E-state index contributed by atoms with van der Waals surface area (Å²) in [6.45, 7) is 2.27. The van der Waals surface area contributed by atoms with Gasteiger partial charge in [0, 0.05) is 19.2 Å². The van der Waals surface area contributed by atoms with Crippen molar-refractivity contribution in [3.63, 3.8) is 0 Å². The summed E-state index contributed by atoms with van der Waals surface area (Å²) in [5, 5.41) is 0. The summed E-state index contributed by atoms with van der Waals surface area (Å²) >= 11 is 0. The maximum Gasteiger partial charge on any atom is 0.218 e. The summed E-state index contributed by atoms with van der Waals surface area (Å²) < 4.78 is 31.6. The highest BCUT2D eigenvalue weighted by atomic mass is 32.2. The van der Waals surface area contributed by atoms with Gasteiger partial charge in [0.15, 0.2) is 0 Å². The van der Waals surface area contributed by atoms with Gasteiger partial charge in [0.25, 0.3) is 0 Å². The van der Waals surface area contributed by atoms with Crippen molar-refractivity contribution in [2.45, 2.75) is 19.2 Å². The standard InChI is InChI=1S/C17H21NO3S/c1-14-8-10-15(11-9-14)13-22(19,20)18(2)12-16-6-4-5-7-17(16)21-3/h4-11H,12-13H2,1-3H3. The van der Waals surface area contributed by atoms with Gasteiger partial charge in [-0.05, 0) is 18.6 Å². The van der Waals surface area contributed by atoms with Crippen LogP contribution in [0, 0.1) is 6.92 Å². The second kappa shape index (κ2) is 6.94. The molecule has 0 atom stereocenters. The minimum absolute atomic E-state index is 0.00106. The van der Waals surface area contributed by atoms with E-state index in [1.54, 1.807) is 14.2 Å². The number of hydrogen-bond donors (Lipinski definition) is 0. The molecule has 0 unspecified atom stereocenters. The average Bonchev–Trinajstić information content (AvgIpc) is 2.50. The smallest absolute Gasteiger partial charge is 0.218 e. The molecule has 0 amide bonds. The third-order valence-electron chi connectivity index (χ3n) is 3.53. The third kappa shape index (κ3) is 4.08. The van der Waals surface area contributed by atoms with Gasteiger partial charge in [0.2, 0.25) is 10.0 Å².